The van der Waals surface area contributed by atoms with Crippen molar-refractivity contribution in [3.8, 4) is 17.1 Å². The molecule has 3 aromatic heterocycles. The van der Waals surface area contributed by atoms with E-state index >= 15 is 0 Å². The zero-order valence-electron chi connectivity index (χ0n) is 18.1. The quantitative estimate of drug-likeness (QED) is 0.618. The number of ether oxygens (including phenoxy) is 2. The second-order valence-corrected chi connectivity index (χ2v) is 7.96. The van der Waals surface area contributed by atoms with Crippen LogP contribution in [0.15, 0.2) is 36.7 Å². The van der Waals surface area contributed by atoms with Gasteiger partial charge in [0.1, 0.15) is 11.5 Å². The average Bonchev–Trinajstić information content (AvgIpc) is 2.79. The maximum atomic E-state index is 14.5. The average molecular weight is 451 g/mol. The lowest BCUT2D eigenvalue weighted by Crippen LogP contribution is -2.45. The number of nitrogens with zero attached hydrogens (tertiary/aromatic N) is 5. The summed E-state index contributed by atoms with van der Waals surface area (Å²) in [6.45, 7) is 5.54. The predicted octanol–water partition coefficient (Wildman–Crippen LogP) is 2.76. The highest BCUT2D eigenvalue weighted by Gasteiger charge is 2.23. The molecule has 11 heteroatoms. The number of hydrogen-bond donors (Lipinski definition) is 2. The Morgan fingerprint density at radius 1 is 1.09 bits per heavy atom. The Morgan fingerprint density at radius 3 is 2.67 bits per heavy atom. The van der Waals surface area contributed by atoms with E-state index in [4.69, 9.17) is 9.47 Å². The van der Waals surface area contributed by atoms with Gasteiger partial charge < -0.3 is 25.0 Å². The first-order valence-electron chi connectivity index (χ1n) is 10.5. The van der Waals surface area contributed by atoms with Crippen LogP contribution in [0.3, 0.4) is 0 Å². The normalized spacial score (nSPS) is 20.0. The molecule has 0 aromatic carbocycles. The summed E-state index contributed by atoms with van der Waals surface area (Å²) in [5.41, 5.74) is 0.896. The molecule has 0 radical (unpaired) electrons. The van der Waals surface area contributed by atoms with Gasteiger partial charge in [-0.1, -0.05) is 0 Å². The molecule has 2 aliphatic heterocycles. The van der Waals surface area contributed by atoms with Crippen molar-refractivity contribution >= 4 is 29.2 Å². The van der Waals surface area contributed by atoms with E-state index < -0.39 is 5.82 Å². The molecule has 1 amide bonds. The van der Waals surface area contributed by atoms with Crippen LogP contribution in [-0.2, 0) is 9.53 Å². The molecule has 33 heavy (non-hydrogen) atoms. The molecule has 10 nitrogen and oxygen atoms in total. The van der Waals surface area contributed by atoms with E-state index in [1.807, 2.05) is 26.0 Å². The topological polar surface area (TPSA) is 114 Å². The van der Waals surface area contributed by atoms with Gasteiger partial charge in [0, 0.05) is 13.1 Å². The third-order valence-electron chi connectivity index (χ3n) is 5.21. The van der Waals surface area contributed by atoms with E-state index in [2.05, 4.69) is 35.5 Å². The van der Waals surface area contributed by atoms with Crippen molar-refractivity contribution < 1.29 is 18.7 Å². The number of carbonyl (C=O) groups excluding carboxylic acids is 1. The van der Waals surface area contributed by atoms with Crippen LogP contribution in [-0.4, -0.2) is 57.7 Å². The van der Waals surface area contributed by atoms with Gasteiger partial charge in [-0.2, -0.15) is 0 Å². The Balaban J connectivity index is 1.35. The molecule has 2 aliphatic rings. The highest BCUT2D eigenvalue weighted by molar-refractivity contribution is 5.94. The number of carbonyl (C=O) groups is 1. The number of anilines is 4. The van der Waals surface area contributed by atoms with E-state index in [0.29, 0.717) is 11.4 Å². The van der Waals surface area contributed by atoms with Crippen molar-refractivity contribution in [3.63, 3.8) is 0 Å². The summed E-state index contributed by atoms with van der Waals surface area (Å²) in [7, 11) is 0. The minimum Gasteiger partial charge on any atom is -0.480 e. The molecule has 0 aliphatic carbocycles. The molecule has 1 saturated heterocycles. The third-order valence-corrected chi connectivity index (χ3v) is 5.21. The minimum absolute atomic E-state index is 0.00371. The Kier molecular flexibility index (Phi) is 5.47. The SMILES string of the molecule is CC1CN(c2ccc(Nc3ncc(F)c(-c4ccc5c(n4)NC(=O)CO5)n3)cn2)CC(C)O1. The van der Waals surface area contributed by atoms with Crippen LogP contribution in [0, 0.1) is 5.82 Å². The molecule has 2 N–H and O–H groups in total. The standard InChI is InChI=1S/C22H22FN7O3/c1-12-9-30(10-13(2)33-12)18-6-3-14(7-24-18)26-22-25-8-15(23)20(29-22)16-4-5-17-21(27-16)28-19(31)11-32-17/h3-8,12-13H,9-11H2,1-2H3,(H,25,26,29)(H,27,28,31). The Labute approximate surface area is 189 Å². The smallest absolute Gasteiger partial charge is 0.263 e. The summed E-state index contributed by atoms with van der Waals surface area (Å²) in [5, 5.41) is 5.65. The number of nitrogens with one attached hydrogen (secondary N) is 2. The number of amides is 1. The van der Waals surface area contributed by atoms with Gasteiger partial charge in [0.05, 0.1) is 36.0 Å². The van der Waals surface area contributed by atoms with Crippen molar-refractivity contribution in [2.45, 2.75) is 26.1 Å². The number of hydrogen-bond acceptors (Lipinski definition) is 9. The Hall–Kier alpha value is -3.86. The van der Waals surface area contributed by atoms with Gasteiger partial charge in [0.15, 0.2) is 24.0 Å². The summed E-state index contributed by atoms with van der Waals surface area (Å²) in [6, 6.07) is 6.96. The van der Waals surface area contributed by atoms with Crippen LogP contribution >= 0.6 is 0 Å². The first kappa shape index (κ1) is 21.0. The summed E-state index contributed by atoms with van der Waals surface area (Å²) in [5.74, 6) is 0.721. The lowest BCUT2D eigenvalue weighted by molar-refractivity contribution is -0.118. The molecule has 2 atom stereocenters. The van der Waals surface area contributed by atoms with Gasteiger partial charge in [0.25, 0.3) is 5.91 Å². The lowest BCUT2D eigenvalue weighted by atomic mass is 10.2. The molecule has 3 aromatic rings. The summed E-state index contributed by atoms with van der Waals surface area (Å²) in [6.07, 6.45) is 3.02. The fourth-order valence-electron chi connectivity index (χ4n) is 3.84. The predicted molar refractivity (Wildman–Crippen MR) is 119 cm³/mol. The molecule has 2 unspecified atom stereocenters. The van der Waals surface area contributed by atoms with Crippen LogP contribution in [0.4, 0.5) is 27.7 Å². The van der Waals surface area contributed by atoms with E-state index in [1.165, 1.54) is 0 Å². The van der Waals surface area contributed by atoms with Crippen molar-refractivity contribution in [1.82, 2.24) is 19.9 Å². The number of rotatable bonds is 4. The van der Waals surface area contributed by atoms with E-state index in [1.54, 1.807) is 18.3 Å². The molecular weight excluding hydrogens is 429 g/mol. The van der Waals surface area contributed by atoms with Gasteiger partial charge in [-0.05, 0) is 38.1 Å². The largest absolute Gasteiger partial charge is 0.480 e. The number of morpholine rings is 1. The molecule has 0 spiro atoms. The molecule has 1 fully saturated rings. The molecule has 0 bridgehead atoms. The zero-order valence-corrected chi connectivity index (χ0v) is 18.1. The number of aromatic nitrogens is 4. The molecular formula is C22H22FN7O3. The maximum Gasteiger partial charge on any atom is 0.263 e. The van der Waals surface area contributed by atoms with Gasteiger partial charge in [-0.3, -0.25) is 4.79 Å². The molecule has 5 heterocycles. The van der Waals surface area contributed by atoms with Crippen LogP contribution in [0.25, 0.3) is 11.4 Å². The van der Waals surface area contributed by atoms with Crippen molar-refractivity contribution in [2.24, 2.45) is 0 Å². The number of pyridine rings is 2. The van der Waals surface area contributed by atoms with Crippen LogP contribution in [0.5, 0.6) is 5.75 Å². The summed E-state index contributed by atoms with van der Waals surface area (Å²) < 4.78 is 25.6. The first-order valence-corrected chi connectivity index (χ1v) is 10.5. The highest BCUT2D eigenvalue weighted by Crippen LogP contribution is 2.30. The van der Waals surface area contributed by atoms with E-state index in [0.717, 1.165) is 25.1 Å². The van der Waals surface area contributed by atoms with Crippen LogP contribution < -0.4 is 20.3 Å². The monoisotopic (exact) mass is 451 g/mol. The van der Waals surface area contributed by atoms with Crippen molar-refractivity contribution in [3.05, 3.63) is 42.5 Å². The zero-order chi connectivity index (χ0) is 22.9. The number of fused-ring (bicyclic) bond motifs is 1. The van der Waals surface area contributed by atoms with Gasteiger partial charge in [-0.15, -0.1) is 0 Å². The fourth-order valence-corrected chi connectivity index (χ4v) is 3.84. The van der Waals surface area contributed by atoms with Gasteiger partial charge in [-0.25, -0.2) is 24.3 Å². The van der Waals surface area contributed by atoms with E-state index in [-0.39, 0.29) is 47.9 Å². The van der Waals surface area contributed by atoms with Crippen molar-refractivity contribution in [2.75, 3.05) is 35.2 Å². The maximum absolute atomic E-state index is 14.5. The fraction of sp³-hybridized carbons (Fsp3) is 0.318. The highest BCUT2D eigenvalue weighted by atomic mass is 19.1. The lowest BCUT2D eigenvalue weighted by Gasteiger charge is -2.36. The Morgan fingerprint density at radius 2 is 1.91 bits per heavy atom. The minimum atomic E-state index is -0.639. The van der Waals surface area contributed by atoms with Crippen molar-refractivity contribution in [1.29, 1.82) is 0 Å². The first-order chi connectivity index (χ1) is 15.9. The van der Waals surface area contributed by atoms with E-state index in [9.17, 15) is 9.18 Å². The summed E-state index contributed by atoms with van der Waals surface area (Å²) in [4.78, 5) is 30.8. The third kappa shape index (κ3) is 4.53. The number of halogens is 1. The molecule has 170 valence electrons. The Bertz CT molecular complexity index is 1180. The van der Waals surface area contributed by atoms with Gasteiger partial charge >= 0.3 is 0 Å². The molecule has 0 saturated carbocycles. The van der Waals surface area contributed by atoms with Crippen LogP contribution in [0.1, 0.15) is 13.8 Å². The second-order valence-electron chi connectivity index (χ2n) is 7.96. The summed E-state index contributed by atoms with van der Waals surface area (Å²) >= 11 is 0. The van der Waals surface area contributed by atoms with Gasteiger partial charge in [0.2, 0.25) is 5.95 Å². The van der Waals surface area contributed by atoms with Crippen LogP contribution in [0.2, 0.25) is 0 Å². The second kappa shape index (κ2) is 8.58. The molecule has 5 rings (SSSR count).